The second-order valence-electron chi connectivity index (χ2n) is 6.75. The number of hydrogen-bond acceptors (Lipinski definition) is 6. The van der Waals surface area contributed by atoms with E-state index < -0.39 is 21.0 Å². The van der Waals surface area contributed by atoms with Gasteiger partial charge in [-0.3, -0.25) is 15.0 Å². The van der Waals surface area contributed by atoms with Gasteiger partial charge in [-0.05, 0) is 24.6 Å². The lowest BCUT2D eigenvalue weighted by Gasteiger charge is -2.31. The molecule has 28 heavy (non-hydrogen) atoms. The SMILES string of the molecule is Cc1ccc([C@H](CN2CCOCC2)NS(=O)(=O)c2ccc([N+](=O)[O-])cc2)cc1. The molecule has 0 saturated carbocycles. The van der Waals surface area contributed by atoms with Crippen LogP contribution in [0.15, 0.2) is 53.4 Å². The Balaban J connectivity index is 1.84. The summed E-state index contributed by atoms with van der Waals surface area (Å²) < 4.78 is 33.9. The third-order valence-electron chi connectivity index (χ3n) is 4.68. The van der Waals surface area contributed by atoms with Crippen molar-refractivity contribution in [3.05, 3.63) is 69.8 Å². The third-order valence-corrected chi connectivity index (χ3v) is 6.17. The number of morpholine rings is 1. The number of nitro groups is 1. The molecule has 3 rings (SSSR count). The van der Waals surface area contributed by atoms with Gasteiger partial charge in [-0.15, -0.1) is 0 Å². The van der Waals surface area contributed by atoms with Crippen LogP contribution in [0.3, 0.4) is 0 Å². The second-order valence-corrected chi connectivity index (χ2v) is 8.46. The Morgan fingerprint density at radius 3 is 2.29 bits per heavy atom. The summed E-state index contributed by atoms with van der Waals surface area (Å²) in [6.45, 7) is 5.20. The van der Waals surface area contributed by atoms with E-state index in [2.05, 4.69) is 9.62 Å². The van der Waals surface area contributed by atoms with E-state index >= 15 is 0 Å². The number of aryl methyl sites for hydroxylation is 1. The number of non-ortho nitro benzene ring substituents is 1. The topological polar surface area (TPSA) is 102 Å². The van der Waals surface area contributed by atoms with Gasteiger partial charge in [0.2, 0.25) is 10.0 Å². The van der Waals surface area contributed by atoms with Gasteiger partial charge in [-0.1, -0.05) is 29.8 Å². The Kier molecular flexibility index (Phi) is 6.40. The van der Waals surface area contributed by atoms with E-state index in [1.54, 1.807) is 0 Å². The minimum absolute atomic E-state index is 0.00260. The smallest absolute Gasteiger partial charge is 0.269 e. The predicted octanol–water partition coefficient (Wildman–Crippen LogP) is 2.26. The van der Waals surface area contributed by atoms with E-state index in [0.717, 1.165) is 24.2 Å². The summed E-state index contributed by atoms with van der Waals surface area (Å²) in [5, 5.41) is 10.8. The normalized spacial score (nSPS) is 16.6. The summed E-state index contributed by atoms with van der Waals surface area (Å²) in [7, 11) is -3.84. The minimum atomic E-state index is -3.84. The lowest BCUT2D eigenvalue weighted by Crippen LogP contribution is -2.43. The van der Waals surface area contributed by atoms with Gasteiger partial charge in [0.25, 0.3) is 5.69 Å². The Bertz CT molecular complexity index is 908. The van der Waals surface area contributed by atoms with Gasteiger partial charge in [0.1, 0.15) is 0 Å². The van der Waals surface area contributed by atoms with Crippen LogP contribution in [-0.2, 0) is 14.8 Å². The van der Waals surface area contributed by atoms with Crippen LogP contribution in [0.1, 0.15) is 17.2 Å². The third kappa shape index (κ3) is 5.14. The molecule has 1 N–H and O–H groups in total. The van der Waals surface area contributed by atoms with Crippen LogP contribution in [0.2, 0.25) is 0 Å². The molecule has 2 aromatic carbocycles. The first-order valence-corrected chi connectivity index (χ1v) is 10.5. The van der Waals surface area contributed by atoms with Gasteiger partial charge in [0.05, 0.1) is 29.1 Å². The van der Waals surface area contributed by atoms with Crippen LogP contribution in [-0.4, -0.2) is 51.1 Å². The fraction of sp³-hybridized carbons (Fsp3) is 0.368. The Labute approximate surface area is 164 Å². The highest BCUT2D eigenvalue weighted by Gasteiger charge is 2.25. The molecule has 2 aromatic rings. The van der Waals surface area contributed by atoms with Crippen LogP contribution in [0.5, 0.6) is 0 Å². The van der Waals surface area contributed by atoms with Crippen molar-refractivity contribution in [3.63, 3.8) is 0 Å². The molecule has 1 atom stereocenters. The molecule has 1 aliphatic rings. The standard InChI is InChI=1S/C19H23N3O5S/c1-15-2-4-16(5-3-15)19(14-21-10-12-27-13-11-21)20-28(25,26)18-8-6-17(7-9-18)22(23)24/h2-9,19-20H,10-14H2,1H3/t19-/m0/s1. The number of nitrogens with one attached hydrogen (secondary N) is 1. The lowest BCUT2D eigenvalue weighted by molar-refractivity contribution is -0.384. The molecule has 1 heterocycles. The van der Waals surface area contributed by atoms with E-state index in [-0.39, 0.29) is 10.6 Å². The van der Waals surface area contributed by atoms with E-state index in [4.69, 9.17) is 4.74 Å². The van der Waals surface area contributed by atoms with Crippen molar-refractivity contribution in [1.29, 1.82) is 0 Å². The lowest BCUT2D eigenvalue weighted by atomic mass is 10.1. The van der Waals surface area contributed by atoms with Gasteiger partial charge in [0, 0.05) is 31.8 Å². The Hall–Kier alpha value is -2.33. The Morgan fingerprint density at radius 2 is 1.71 bits per heavy atom. The number of nitrogens with zero attached hydrogens (tertiary/aromatic N) is 2. The number of ether oxygens (including phenoxy) is 1. The number of nitro benzene ring substituents is 1. The Morgan fingerprint density at radius 1 is 1.11 bits per heavy atom. The summed E-state index contributed by atoms with van der Waals surface area (Å²) >= 11 is 0. The molecule has 0 aliphatic carbocycles. The monoisotopic (exact) mass is 405 g/mol. The van der Waals surface area contributed by atoms with Crippen LogP contribution in [0.4, 0.5) is 5.69 Å². The summed E-state index contributed by atoms with van der Waals surface area (Å²) in [6, 6.07) is 12.2. The molecular weight excluding hydrogens is 382 g/mol. The van der Waals surface area contributed by atoms with Crippen molar-refractivity contribution >= 4 is 15.7 Å². The predicted molar refractivity (Wildman–Crippen MR) is 105 cm³/mol. The van der Waals surface area contributed by atoms with Crippen molar-refractivity contribution in [2.45, 2.75) is 17.9 Å². The first-order chi connectivity index (χ1) is 13.3. The van der Waals surface area contributed by atoms with Crippen molar-refractivity contribution in [2.24, 2.45) is 0 Å². The molecule has 8 nitrogen and oxygen atoms in total. The van der Waals surface area contributed by atoms with E-state index in [1.165, 1.54) is 24.3 Å². The second kappa shape index (κ2) is 8.78. The molecule has 9 heteroatoms. The number of rotatable bonds is 7. The van der Waals surface area contributed by atoms with Crippen LogP contribution in [0, 0.1) is 17.0 Å². The summed E-state index contributed by atoms with van der Waals surface area (Å²) in [6.07, 6.45) is 0. The van der Waals surface area contributed by atoms with Crippen LogP contribution in [0.25, 0.3) is 0 Å². The highest BCUT2D eigenvalue weighted by Crippen LogP contribution is 2.21. The van der Waals surface area contributed by atoms with E-state index in [0.29, 0.717) is 19.8 Å². The van der Waals surface area contributed by atoms with Gasteiger partial charge < -0.3 is 4.74 Å². The van der Waals surface area contributed by atoms with Gasteiger partial charge in [-0.25, -0.2) is 13.1 Å². The van der Waals surface area contributed by atoms with Crippen molar-refractivity contribution < 1.29 is 18.1 Å². The number of benzene rings is 2. The molecule has 0 unspecified atom stereocenters. The largest absolute Gasteiger partial charge is 0.379 e. The highest BCUT2D eigenvalue weighted by molar-refractivity contribution is 7.89. The van der Waals surface area contributed by atoms with E-state index in [9.17, 15) is 18.5 Å². The zero-order valence-electron chi connectivity index (χ0n) is 15.6. The molecule has 1 saturated heterocycles. The molecule has 1 fully saturated rings. The van der Waals surface area contributed by atoms with Crippen LogP contribution < -0.4 is 4.72 Å². The zero-order valence-corrected chi connectivity index (χ0v) is 16.4. The molecule has 0 aromatic heterocycles. The number of sulfonamides is 1. The summed E-state index contributed by atoms with van der Waals surface area (Å²) in [4.78, 5) is 12.4. The molecule has 0 spiro atoms. The van der Waals surface area contributed by atoms with Crippen molar-refractivity contribution in [3.8, 4) is 0 Å². The summed E-state index contributed by atoms with van der Waals surface area (Å²) in [5.74, 6) is 0. The first-order valence-electron chi connectivity index (χ1n) is 8.98. The average molecular weight is 405 g/mol. The van der Waals surface area contributed by atoms with E-state index in [1.807, 2.05) is 31.2 Å². The maximum atomic E-state index is 12.9. The quantitative estimate of drug-likeness (QED) is 0.560. The maximum Gasteiger partial charge on any atom is 0.269 e. The summed E-state index contributed by atoms with van der Waals surface area (Å²) in [5.41, 5.74) is 1.80. The van der Waals surface area contributed by atoms with Crippen molar-refractivity contribution in [1.82, 2.24) is 9.62 Å². The molecule has 0 radical (unpaired) electrons. The van der Waals surface area contributed by atoms with Gasteiger partial charge >= 0.3 is 0 Å². The fourth-order valence-electron chi connectivity index (χ4n) is 3.05. The van der Waals surface area contributed by atoms with Crippen molar-refractivity contribution in [2.75, 3.05) is 32.8 Å². The average Bonchev–Trinajstić information content (AvgIpc) is 2.69. The zero-order chi connectivity index (χ0) is 20.1. The molecule has 0 bridgehead atoms. The molecule has 1 aliphatic heterocycles. The van der Waals surface area contributed by atoms with Gasteiger partial charge in [-0.2, -0.15) is 0 Å². The van der Waals surface area contributed by atoms with Gasteiger partial charge in [0.15, 0.2) is 0 Å². The molecule has 0 amide bonds. The fourth-order valence-corrected chi connectivity index (χ4v) is 4.27. The highest BCUT2D eigenvalue weighted by atomic mass is 32.2. The maximum absolute atomic E-state index is 12.9. The van der Waals surface area contributed by atoms with Crippen LogP contribution >= 0.6 is 0 Å². The molecule has 150 valence electrons. The molecular formula is C19H23N3O5S. The first kappa shape index (κ1) is 20.4. The number of hydrogen-bond donors (Lipinski definition) is 1. The minimum Gasteiger partial charge on any atom is -0.379 e.